The van der Waals surface area contributed by atoms with Crippen molar-refractivity contribution in [3.63, 3.8) is 0 Å². The molecule has 0 aliphatic heterocycles. The van der Waals surface area contributed by atoms with E-state index in [2.05, 4.69) is 23.4 Å². The molecule has 3 rings (SSSR count). The quantitative estimate of drug-likeness (QED) is 0.657. The van der Waals surface area contributed by atoms with E-state index in [4.69, 9.17) is 4.74 Å². The summed E-state index contributed by atoms with van der Waals surface area (Å²) in [7, 11) is 0. The van der Waals surface area contributed by atoms with Crippen LogP contribution in [-0.2, 0) is 6.54 Å². The lowest BCUT2D eigenvalue weighted by Crippen LogP contribution is -2.24. The second kappa shape index (κ2) is 7.70. The molecule has 0 spiro atoms. The number of aromatic nitrogens is 2. The van der Waals surface area contributed by atoms with Gasteiger partial charge in [0.2, 0.25) is 0 Å². The van der Waals surface area contributed by atoms with Crippen LogP contribution in [0, 0.1) is 0 Å². The Morgan fingerprint density at radius 1 is 1.15 bits per heavy atom. The summed E-state index contributed by atoms with van der Waals surface area (Å²) in [6.45, 7) is 6.30. The summed E-state index contributed by atoms with van der Waals surface area (Å²) >= 11 is 0. The molecule has 1 N–H and O–H groups in total. The Balaban J connectivity index is 1.70. The third-order valence-electron chi connectivity index (χ3n) is 4.30. The normalized spacial score (nSPS) is 12.5. The number of ether oxygens (including phenoxy) is 1. The van der Waals surface area contributed by atoms with E-state index in [9.17, 15) is 9.90 Å². The summed E-state index contributed by atoms with van der Waals surface area (Å²) in [5, 5.41) is 10.5. The third-order valence-corrected chi connectivity index (χ3v) is 4.30. The van der Waals surface area contributed by atoms with E-state index in [1.165, 1.54) is 6.92 Å². The number of aliphatic hydroxyl groups excluding tert-OH is 1. The number of fused-ring (bicyclic) bond motifs is 1. The zero-order valence-corrected chi connectivity index (χ0v) is 15.3. The first-order chi connectivity index (χ1) is 12.5. The van der Waals surface area contributed by atoms with E-state index in [1.807, 2.05) is 24.3 Å². The zero-order chi connectivity index (χ0) is 18.7. The Hall–Kier alpha value is -2.66. The molecule has 26 heavy (non-hydrogen) atoms. The molecule has 0 fully saturated rings. The Morgan fingerprint density at radius 2 is 1.85 bits per heavy atom. The van der Waals surface area contributed by atoms with E-state index in [0.717, 1.165) is 16.9 Å². The number of aliphatic hydroxyl groups is 1. The Morgan fingerprint density at radius 3 is 2.50 bits per heavy atom. The highest BCUT2D eigenvalue weighted by atomic mass is 16.5. The molecule has 3 aromatic rings. The first-order valence-corrected chi connectivity index (χ1v) is 8.82. The van der Waals surface area contributed by atoms with Crippen molar-refractivity contribution in [2.24, 2.45) is 0 Å². The van der Waals surface area contributed by atoms with E-state index < -0.39 is 6.10 Å². The first kappa shape index (κ1) is 18.1. The summed E-state index contributed by atoms with van der Waals surface area (Å²) in [5.41, 5.74) is 2.59. The van der Waals surface area contributed by atoms with Gasteiger partial charge in [0, 0.05) is 11.5 Å². The van der Waals surface area contributed by atoms with Crippen LogP contribution >= 0.6 is 0 Å². The van der Waals surface area contributed by atoms with Crippen molar-refractivity contribution >= 4 is 16.8 Å². The summed E-state index contributed by atoms with van der Waals surface area (Å²) < 4.78 is 7.73. The predicted octanol–water partition coefficient (Wildman–Crippen LogP) is 3.80. The minimum absolute atomic E-state index is 0.0183. The molecule has 1 atom stereocenters. The van der Waals surface area contributed by atoms with Gasteiger partial charge in [0.15, 0.2) is 5.78 Å². The van der Waals surface area contributed by atoms with Gasteiger partial charge in [-0.2, -0.15) is 0 Å². The van der Waals surface area contributed by atoms with E-state index in [-0.39, 0.29) is 18.3 Å². The SMILES string of the molecule is CC(=O)c1ccc(OCC(O)Cn2c(C(C)C)nc3ccccc32)cc1. The number of nitrogens with zero attached hydrogens (tertiary/aromatic N) is 2. The topological polar surface area (TPSA) is 64.3 Å². The van der Waals surface area contributed by atoms with Crippen LogP contribution in [0.3, 0.4) is 0 Å². The molecule has 0 aliphatic rings. The molecule has 0 amide bonds. The van der Waals surface area contributed by atoms with Crippen molar-refractivity contribution in [1.29, 1.82) is 0 Å². The lowest BCUT2D eigenvalue weighted by Gasteiger charge is -2.17. The minimum atomic E-state index is -0.669. The van der Waals surface area contributed by atoms with E-state index >= 15 is 0 Å². The first-order valence-electron chi connectivity index (χ1n) is 8.82. The van der Waals surface area contributed by atoms with E-state index in [0.29, 0.717) is 17.9 Å². The highest BCUT2D eigenvalue weighted by Crippen LogP contribution is 2.22. The van der Waals surface area contributed by atoms with Crippen LogP contribution < -0.4 is 4.74 Å². The van der Waals surface area contributed by atoms with Crippen LogP contribution in [0.4, 0.5) is 0 Å². The van der Waals surface area contributed by atoms with Crippen LogP contribution in [-0.4, -0.2) is 33.2 Å². The average Bonchev–Trinajstić information content (AvgIpc) is 2.99. The van der Waals surface area contributed by atoms with Gasteiger partial charge in [-0.15, -0.1) is 0 Å². The number of hydrogen-bond acceptors (Lipinski definition) is 4. The molecule has 136 valence electrons. The molecule has 0 radical (unpaired) electrons. The molecule has 5 nitrogen and oxygen atoms in total. The second-order valence-electron chi connectivity index (χ2n) is 6.77. The molecule has 1 unspecified atom stereocenters. The van der Waals surface area contributed by atoms with Gasteiger partial charge in [-0.1, -0.05) is 26.0 Å². The zero-order valence-electron chi connectivity index (χ0n) is 15.3. The number of rotatable bonds is 7. The molecule has 0 bridgehead atoms. The summed E-state index contributed by atoms with van der Waals surface area (Å²) in [5.74, 6) is 1.86. The summed E-state index contributed by atoms with van der Waals surface area (Å²) in [6, 6.07) is 14.9. The Bertz CT molecular complexity index is 897. The van der Waals surface area contributed by atoms with Crippen molar-refractivity contribution in [3.8, 4) is 5.75 Å². The van der Waals surface area contributed by atoms with Crippen LogP contribution in [0.25, 0.3) is 11.0 Å². The molecule has 2 aromatic carbocycles. The smallest absolute Gasteiger partial charge is 0.159 e. The van der Waals surface area contributed by atoms with Gasteiger partial charge >= 0.3 is 0 Å². The van der Waals surface area contributed by atoms with E-state index in [1.54, 1.807) is 24.3 Å². The number of Topliss-reactive ketones (excluding diaryl/α,β-unsaturated/α-hetero) is 1. The second-order valence-corrected chi connectivity index (χ2v) is 6.77. The van der Waals surface area contributed by atoms with Crippen LogP contribution in [0.5, 0.6) is 5.75 Å². The average molecular weight is 352 g/mol. The van der Waals surface area contributed by atoms with Gasteiger partial charge < -0.3 is 14.4 Å². The van der Waals surface area contributed by atoms with Gasteiger partial charge in [0.1, 0.15) is 24.3 Å². The predicted molar refractivity (Wildman–Crippen MR) is 102 cm³/mol. The third kappa shape index (κ3) is 3.94. The number of benzene rings is 2. The molecule has 1 aromatic heterocycles. The van der Waals surface area contributed by atoms with Crippen molar-refractivity contribution < 1.29 is 14.6 Å². The number of ketones is 1. The largest absolute Gasteiger partial charge is 0.491 e. The van der Waals surface area contributed by atoms with Crippen molar-refractivity contribution in [3.05, 3.63) is 59.9 Å². The molecule has 0 saturated carbocycles. The standard InChI is InChI=1S/C21H24N2O3/c1-14(2)21-22-19-6-4-5-7-20(19)23(21)12-17(25)13-26-18-10-8-16(9-11-18)15(3)24/h4-11,14,17,25H,12-13H2,1-3H3. The molecule has 1 heterocycles. The van der Waals surface area contributed by atoms with Gasteiger partial charge in [0.25, 0.3) is 0 Å². The lowest BCUT2D eigenvalue weighted by molar-refractivity contribution is 0.0924. The lowest BCUT2D eigenvalue weighted by atomic mass is 10.1. The molecule has 5 heteroatoms. The summed E-state index contributed by atoms with van der Waals surface area (Å²) in [4.78, 5) is 16.0. The van der Waals surface area contributed by atoms with Crippen LogP contribution in [0.1, 0.15) is 42.9 Å². The van der Waals surface area contributed by atoms with Crippen LogP contribution in [0.15, 0.2) is 48.5 Å². The number of para-hydroxylation sites is 2. The van der Waals surface area contributed by atoms with Gasteiger partial charge in [-0.05, 0) is 43.3 Å². The molecule has 0 saturated heterocycles. The number of hydrogen-bond donors (Lipinski definition) is 1. The highest BCUT2D eigenvalue weighted by molar-refractivity contribution is 5.94. The van der Waals surface area contributed by atoms with Gasteiger partial charge in [-0.25, -0.2) is 4.98 Å². The fraction of sp³-hybridized carbons (Fsp3) is 0.333. The van der Waals surface area contributed by atoms with Crippen molar-refractivity contribution in [2.45, 2.75) is 39.3 Å². The number of carbonyl (C=O) groups is 1. The highest BCUT2D eigenvalue weighted by Gasteiger charge is 2.16. The molecular formula is C21H24N2O3. The fourth-order valence-corrected chi connectivity index (χ4v) is 2.97. The van der Waals surface area contributed by atoms with Crippen LogP contribution in [0.2, 0.25) is 0 Å². The Labute approximate surface area is 153 Å². The molecule has 0 aliphatic carbocycles. The maximum absolute atomic E-state index is 11.3. The maximum Gasteiger partial charge on any atom is 0.159 e. The molecular weight excluding hydrogens is 328 g/mol. The maximum atomic E-state index is 11.3. The Kier molecular flexibility index (Phi) is 5.38. The number of carbonyl (C=O) groups excluding carboxylic acids is 1. The monoisotopic (exact) mass is 352 g/mol. The van der Waals surface area contributed by atoms with Crippen molar-refractivity contribution in [1.82, 2.24) is 9.55 Å². The van der Waals surface area contributed by atoms with Crippen molar-refractivity contribution in [2.75, 3.05) is 6.61 Å². The van der Waals surface area contributed by atoms with Gasteiger partial charge in [0.05, 0.1) is 17.6 Å². The summed E-state index contributed by atoms with van der Waals surface area (Å²) in [6.07, 6.45) is -0.669. The fourth-order valence-electron chi connectivity index (χ4n) is 2.97. The number of imidazole rings is 1. The minimum Gasteiger partial charge on any atom is -0.491 e. The van der Waals surface area contributed by atoms with Gasteiger partial charge in [-0.3, -0.25) is 4.79 Å².